The fourth-order valence-corrected chi connectivity index (χ4v) is 2.23. The summed E-state index contributed by atoms with van der Waals surface area (Å²) in [5.41, 5.74) is 8.38. The molecule has 2 N–H and O–H groups in total. The second-order valence-corrected chi connectivity index (χ2v) is 4.79. The molecule has 0 bridgehead atoms. The minimum Gasteiger partial charge on any atom is -0.390 e. The maximum Gasteiger partial charge on any atom is 0.261 e. The van der Waals surface area contributed by atoms with Gasteiger partial charge in [-0.1, -0.05) is 5.16 Å². The predicted octanol–water partition coefficient (Wildman–Crippen LogP) is 2.75. The van der Waals surface area contributed by atoms with Gasteiger partial charge in [-0.25, -0.2) is 0 Å². The van der Waals surface area contributed by atoms with Gasteiger partial charge in [-0.15, -0.1) is 11.3 Å². The molecule has 0 spiro atoms. The van der Waals surface area contributed by atoms with Crippen LogP contribution in [0.1, 0.15) is 5.56 Å². The SMILES string of the molecule is Cc1ccnc(-c2noc(-c3ccsc3N)n2)c1. The summed E-state index contributed by atoms with van der Waals surface area (Å²) in [6.45, 7) is 1.99. The number of hydrogen-bond donors (Lipinski definition) is 1. The number of rotatable bonds is 2. The molecule has 0 amide bonds. The van der Waals surface area contributed by atoms with Gasteiger partial charge in [0.05, 0.1) is 10.6 Å². The molecule has 0 saturated carbocycles. The number of anilines is 1. The Labute approximate surface area is 107 Å². The lowest BCUT2D eigenvalue weighted by atomic mass is 10.2. The quantitative estimate of drug-likeness (QED) is 0.764. The molecule has 90 valence electrons. The van der Waals surface area contributed by atoms with Gasteiger partial charge in [0, 0.05) is 6.20 Å². The van der Waals surface area contributed by atoms with Gasteiger partial charge in [0.2, 0.25) is 5.82 Å². The van der Waals surface area contributed by atoms with E-state index in [9.17, 15) is 0 Å². The first kappa shape index (κ1) is 10.9. The van der Waals surface area contributed by atoms with Crippen LogP contribution in [0.25, 0.3) is 23.0 Å². The summed E-state index contributed by atoms with van der Waals surface area (Å²) in [6, 6.07) is 5.69. The first-order chi connectivity index (χ1) is 8.74. The number of nitrogens with two attached hydrogens (primary N) is 1. The van der Waals surface area contributed by atoms with E-state index < -0.39 is 0 Å². The lowest BCUT2D eigenvalue weighted by Gasteiger charge is -1.94. The Hall–Kier alpha value is -2.21. The normalized spacial score (nSPS) is 10.7. The summed E-state index contributed by atoms with van der Waals surface area (Å²) in [5, 5.41) is 6.48. The van der Waals surface area contributed by atoms with E-state index in [1.165, 1.54) is 11.3 Å². The van der Waals surface area contributed by atoms with Crippen LogP contribution in [-0.4, -0.2) is 15.1 Å². The Kier molecular flexibility index (Phi) is 2.56. The Morgan fingerprint density at radius 1 is 1.33 bits per heavy atom. The molecule has 0 unspecified atom stereocenters. The lowest BCUT2D eigenvalue weighted by Crippen LogP contribution is -1.87. The van der Waals surface area contributed by atoms with Crippen LogP contribution in [0.5, 0.6) is 0 Å². The van der Waals surface area contributed by atoms with Crippen LogP contribution < -0.4 is 5.73 Å². The summed E-state index contributed by atoms with van der Waals surface area (Å²) in [5.74, 6) is 0.895. The third-order valence-corrected chi connectivity index (χ3v) is 3.24. The van der Waals surface area contributed by atoms with Gasteiger partial charge in [-0.2, -0.15) is 4.98 Å². The molecule has 3 aromatic rings. The van der Waals surface area contributed by atoms with Crippen LogP contribution >= 0.6 is 11.3 Å². The van der Waals surface area contributed by atoms with Gasteiger partial charge in [0.15, 0.2) is 0 Å². The van der Waals surface area contributed by atoms with Gasteiger partial charge in [0.1, 0.15) is 5.69 Å². The topological polar surface area (TPSA) is 77.8 Å². The van der Waals surface area contributed by atoms with E-state index >= 15 is 0 Å². The highest BCUT2D eigenvalue weighted by molar-refractivity contribution is 7.14. The number of nitrogen functional groups attached to an aromatic ring is 1. The van der Waals surface area contributed by atoms with Crippen molar-refractivity contribution in [3.8, 4) is 23.0 Å². The number of pyridine rings is 1. The average Bonchev–Trinajstić information content (AvgIpc) is 2.97. The monoisotopic (exact) mass is 258 g/mol. The van der Waals surface area contributed by atoms with Gasteiger partial charge in [-0.3, -0.25) is 4.98 Å². The smallest absolute Gasteiger partial charge is 0.261 e. The van der Waals surface area contributed by atoms with Crippen LogP contribution in [0.3, 0.4) is 0 Å². The summed E-state index contributed by atoms with van der Waals surface area (Å²) >= 11 is 1.44. The third kappa shape index (κ3) is 1.86. The van der Waals surface area contributed by atoms with Crippen molar-refractivity contribution in [2.24, 2.45) is 0 Å². The van der Waals surface area contributed by atoms with E-state index in [1.807, 2.05) is 30.5 Å². The fourth-order valence-electron chi connectivity index (χ4n) is 1.59. The van der Waals surface area contributed by atoms with Crippen molar-refractivity contribution in [3.63, 3.8) is 0 Å². The van der Waals surface area contributed by atoms with Crippen molar-refractivity contribution in [1.82, 2.24) is 15.1 Å². The molecule has 0 saturated heterocycles. The molecule has 0 atom stereocenters. The van der Waals surface area contributed by atoms with E-state index in [1.54, 1.807) is 6.20 Å². The van der Waals surface area contributed by atoms with Gasteiger partial charge < -0.3 is 10.3 Å². The number of nitrogens with zero attached hydrogens (tertiary/aromatic N) is 3. The Balaban J connectivity index is 2.02. The van der Waals surface area contributed by atoms with Crippen LogP contribution in [0.2, 0.25) is 0 Å². The molecular weight excluding hydrogens is 248 g/mol. The van der Waals surface area contributed by atoms with Crippen LogP contribution in [0.15, 0.2) is 34.3 Å². The Morgan fingerprint density at radius 3 is 2.94 bits per heavy atom. The van der Waals surface area contributed by atoms with E-state index in [-0.39, 0.29) is 0 Å². The highest BCUT2D eigenvalue weighted by Gasteiger charge is 2.14. The molecule has 18 heavy (non-hydrogen) atoms. The highest BCUT2D eigenvalue weighted by Crippen LogP contribution is 2.30. The Bertz CT molecular complexity index is 689. The molecule has 0 aliphatic carbocycles. The maximum absolute atomic E-state index is 5.82. The van der Waals surface area contributed by atoms with Crippen molar-refractivity contribution in [3.05, 3.63) is 35.3 Å². The third-order valence-electron chi connectivity index (χ3n) is 2.50. The second kappa shape index (κ2) is 4.23. The minimum absolute atomic E-state index is 0.423. The molecule has 3 heterocycles. The summed E-state index contributed by atoms with van der Waals surface area (Å²) in [4.78, 5) is 8.52. The zero-order valence-electron chi connectivity index (χ0n) is 9.62. The van der Waals surface area contributed by atoms with Crippen molar-refractivity contribution in [2.45, 2.75) is 6.92 Å². The molecule has 0 fully saturated rings. The van der Waals surface area contributed by atoms with Gasteiger partial charge >= 0.3 is 0 Å². The van der Waals surface area contributed by atoms with E-state index in [2.05, 4.69) is 15.1 Å². The molecule has 3 aromatic heterocycles. The van der Waals surface area contributed by atoms with E-state index in [0.29, 0.717) is 22.4 Å². The van der Waals surface area contributed by atoms with Crippen molar-refractivity contribution in [2.75, 3.05) is 5.73 Å². The van der Waals surface area contributed by atoms with Crippen molar-refractivity contribution < 1.29 is 4.52 Å². The van der Waals surface area contributed by atoms with E-state index in [0.717, 1.165) is 11.1 Å². The largest absolute Gasteiger partial charge is 0.390 e. The zero-order chi connectivity index (χ0) is 12.5. The van der Waals surface area contributed by atoms with Gasteiger partial charge in [0.25, 0.3) is 5.89 Å². The highest BCUT2D eigenvalue weighted by atomic mass is 32.1. The number of thiophene rings is 1. The molecule has 3 rings (SSSR count). The minimum atomic E-state index is 0.423. The molecule has 5 nitrogen and oxygen atoms in total. The fraction of sp³-hybridized carbons (Fsp3) is 0.0833. The number of aromatic nitrogens is 3. The molecule has 0 aromatic carbocycles. The standard InChI is InChI=1S/C12H10N4OS/c1-7-2-4-14-9(6-7)11-15-12(17-16-11)8-3-5-18-10(8)13/h2-6H,13H2,1H3. The maximum atomic E-state index is 5.82. The van der Waals surface area contributed by atoms with Crippen LogP contribution in [-0.2, 0) is 0 Å². The number of aryl methyl sites for hydroxylation is 1. The summed E-state index contributed by atoms with van der Waals surface area (Å²) in [6.07, 6.45) is 1.72. The van der Waals surface area contributed by atoms with Crippen LogP contribution in [0, 0.1) is 6.92 Å². The molecule has 0 aliphatic heterocycles. The van der Waals surface area contributed by atoms with Gasteiger partial charge in [-0.05, 0) is 36.1 Å². The second-order valence-electron chi connectivity index (χ2n) is 3.84. The molecule has 0 aliphatic rings. The van der Waals surface area contributed by atoms with Crippen LogP contribution in [0.4, 0.5) is 5.00 Å². The van der Waals surface area contributed by atoms with Crippen molar-refractivity contribution >= 4 is 16.3 Å². The predicted molar refractivity (Wildman–Crippen MR) is 70.0 cm³/mol. The lowest BCUT2D eigenvalue weighted by molar-refractivity contribution is 0.432. The first-order valence-electron chi connectivity index (χ1n) is 5.34. The number of hydrogen-bond acceptors (Lipinski definition) is 6. The summed E-state index contributed by atoms with van der Waals surface area (Å²) in [7, 11) is 0. The molecular formula is C12H10N4OS. The average molecular weight is 258 g/mol. The zero-order valence-corrected chi connectivity index (χ0v) is 10.4. The molecule has 0 radical (unpaired) electrons. The van der Waals surface area contributed by atoms with E-state index in [4.69, 9.17) is 10.3 Å². The molecule has 6 heteroatoms. The summed E-state index contributed by atoms with van der Waals surface area (Å²) < 4.78 is 5.21. The Morgan fingerprint density at radius 2 is 2.22 bits per heavy atom. The van der Waals surface area contributed by atoms with Crippen molar-refractivity contribution in [1.29, 1.82) is 0 Å². The first-order valence-corrected chi connectivity index (χ1v) is 6.22.